The lowest BCUT2D eigenvalue weighted by Gasteiger charge is -2.20. The minimum absolute atomic E-state index is 0.143. The average molecular weight is 224 g/mol. The normalized spacial score (nSPS) is 12.6. The molecule has 0 aliphatic carbocycles. The van der Waals surface area contributed by atoms with Crippen molar-refractivity contribution in [3.63, 3.8) is 0 Å². The maximum absolute atomic E-state index is 13.9. The first-order valence-corrected chi connectivity index (χ1v) is 5.78. The van der Waals surface area contributed by atoms with Gasteiger partial charge in [-0.1, -0.05) is 13.0 Å². The van der Waals surface area contributed by atoms with Crippen molar-refractivity contribution in [3.05, 3.63) is 29.6 Å². The third kappa shape index (κ3) is 2.95. The van der Waals surface area contributed by atoms with Gasteiger partial charge in [0.2, 0.25) is 0 Å². The summed E-state index contributed by atoms with van der Waals surface area (Å²) in [6, 6.07) is 5.63. The summed E-state index contributed by atoms with van der Waals surface area (Å²) in [5.74, 6) is -0.143. The van der Waals surface area contributed by atoms with Gasteiger partial charge >= 0.3 is 0 Å². The molecule has 0 saturated heterocycles. The Morgan fingerprint density at radius 3 is 2.62 bits per heavy atom. The molecule has 90 valence electrons. The SMILES string of the molecule is CCCN(C)c1ccc(C(C)NC)cc1F. The van der Waals surface area contributed by atoms with Crippen LogP contribution in [-0.2, 0) is 0 Å². The van der Waals surface area contributed by atoms with Crippen molar-refractivity contribution >= 4 is 5.69 Å². The molecule has 1 atom stereocenters. The van der Waals surface area contributed by atoms with E-state index in [2.05, 4.69) is 12.2 Å². The van der Waals surface area contributed by atoms with E-state index in [4.69, 9.17) is 0 Å². The Labute approximate surface area is 97.5 Å². The number of nitrogens with one attached hydrogen (secondary N) is 1. The fourth-order valence-corrected chi connectivity index (χ4v) is 1.72. The summed E-state index contributed by atoms with van der Waals surface area (Å²) in [7, 11) is 3.79. The zero-order valence-corrected chi connectivity index (χ0v) is 10.5. The lowest BCUT2D eigenvalue weighted by molar-refractivity contribution is 0.604. The van der Waals surface area contributed by atoms with Gasteiger partial charge in [0, 0.05) is 19.6 Å². The van der Waals surface area contributed by atoms with Gasteiger partial charge in [-0.2, -0.15) is 0 Å². The van der Waals surface area contributed by atoms with Crippen LogP contribution in [0, 0.1) is 5.82 Å². The Morgan fingerprint density at radius 2 is 2.12 bits per heavy atom. The summed E-state index contributed by atoms with van der Waals surface area (Å²) in [5, 5.41) is 3.10. The van der Waals surface area contributed by atoms with Gasteiger partial charge in [-0.15, -0.1) is 0 Å². The van der Waals surface area contributed by atoms with E-state index < -0.39 is 0 Å². The number of hydrogen-bond acceptors (Lipinski definition) is 2. The number of benzene rings is 1. The summed E-state index contributed by atoms with van der Waals surface area (Å²) in [6.07, 6.45) is 1.02. The van der Waals surface area contributed by atoms with Gasteiger partial charge in [0.25, 0.3) is 0 Å². The lowest BCUT2D eigenvalue weighted by atomic mass is 10.1. The predicted molar refractivity (Wildman–Crippen MR) is 67.4 cm³/mol. The summed E-state index contributed by atoms with van der Waals surface area (Å²) in [5.41, 5.74) is 1.66. The van der Waals surface area contributed by atoms with E-state index in [1.54, 1.807) is 6.07 Å². The van der Waals surface area contributed by atoms with E-state index in [0.29, 0.717) is 5.69 Å². The molecule has 0 amide bonds. The molecule has 1 rings (SSSR count). The van der Waals surface area contributed by atoms with Crippen LogP contribution in [0.1, 0.15) is 31.9 Å². The van der Waals surface area contributed by atoms with E-state index in [1.807, 2.05) is 38.1 Å². The number of nitrogens with zero attached hydrogens (tertiary/aromatic N) is 1. The molecule has 1 unspecified atom stereocenters. The first-order chi connectivity index (χ1) is 7.60. The van der Waals surface area contributed by atoms with Gasteiger partial charge in [-0.25, -0.2) is 4.39 Å². The highest BCUT2D eigenvalue weighted by Gasteiger charge is 2.10. The molecular formula is C13H21FN2. The monoisotopic (exact) mass is 224 g/mol. The highest BCUT2D eigenvalue weighted by molar-refractivity contribution is 5.48. The Morgan fingerprint density at radius 1 is 1.44 bits per heavy atom. The zero-order chi connectivity index (χ0) is 12.1. The topological polar surface area (TPSA) is 15.3 Å². The molecule has 0 bridgehead atoms. The molecule has 3 heteroatoms. The van der Waals surface area contributed by atoms with Gasteiger partial charge in [0.15, 0.2) is 0 Å². The third-order valence-electron chi connectivity index (χ3n) is 2.88. The number of hydrogen-bond donors (Lipinski definition) is 1. The Balaban J connectivity index is 2.91. The third-order valence-corrected chi connectivity index (χ3v) is 2.88. The van der Waals surface area contributed by atoms with Crippen LogP contribution >= 0.6 is 0 Å². The highest BCUT2D eigenvalue weighted by Crippen LogP contribution is 2.22. The van der Waals surface area contributed by atoms with Crippen molar-refractivity contribution in [1.29, 1.82) is 0 Å². The van der Waals surface area contributed by atoms with E-state index in [-0.39, 0.29) is 11.9 Å². The number of rotatable bonds is 5. The van der Waals surface area contributed by atoms with Crippen molar-refractivity contribution in [2.24, 2.45) is 0 Å². The molecule has 0 aliphatic rings. The van der Waals surface area contributed by atoms with Crippen LogP contribution in [0.3, 0.4) is 0 Å². The standard InChI is InChI=1S/C13H21FN2/c1-5-8-16(4)13-7-6-11(9-12(13)14)10(2)15-3/h6-7,9-10,15H,5,8H2,1-4H3. The van der Waals surface area contributed by atoms with Crippen molar-refractivity contribution in [2.45, 2.75) is 26.3 Å². The van der Waals surface area contributed by atoms with Crippen LogP contribution in [0.2, 0.25) is 0 Å². The van der Waals surface area contributed by atoms with Gasteiger partial charge in [-0.3, -0.25) is 0 Å². The summed E-state index contributed by atoms with van der Waals surface area (Å²) >= 11 is 0. The molecule has 0 radical (unpaired) electrons. The van der Waals surface area contributed by atoms with Gasteiger partial charge in [-0.05, 0) is 38.1 Å². The molecule has 1 N–H and O–H groups in total. The predicted octanol–water partition coefficient (Wildman–Crippen LogP) is 2.95. The summed E-state index contributed by atoms with van der Waals surface area (Å²) < 4.78 is 13.9. The molecule has 0 aliphatic heterocycles. The van der Waals surface area contributed by atoms with Gasteiger partial charge < -0.3 is 10.2 Å². The van der Waals surface area contributed by atoms with Crippen molar-refractivity contribution in [2.75, 3.05) is 25.5 Å². The van der Waals surface area contributed by atoms with E-state index >= 15 is 0 Å². The molecule has 2 nitrogen and oxygen atoms in total. The molecule has 0 spiro atoms. The van der Waals surface area contributed by atoms with E-state index in [0.717, 1.165) is 18.5 Å². The molecule has 0 heterocycles. The molecule has 1 aromatic carbocycles. The quantitative estimate of drug-likeness (QED) is 0.827. The molecular weight excluding hydrogens is 203 g/mol. The molecule has 1 aromatic rings. The van der Waals surface area contributed by atoms with E-state index in [9.17, 15) is 4.39 Å². The molecule has 0 saturated carbocycles. The fraction of sp³-hybridized carbons (Fsp3) is 0.538. The number of anilines is 1. The second-order valence-electron chi connectivity index (χ2n) is 4.14. The maximum Gasteiger partial charge on any atom is 0.146 e. The zero-order valence-electron chi connectivity index (χ0n) is 10.5. The highest BCUT2D eigenvalue weighted by atomic mass is 19.1. The minimum atomic E-state index is -0.143. The van der Waals surface area contributed by atoms with Gasteiger partial charge in [0.05, 0.1) is 5.69 Å². The van der Waals surface area contributed by atoms with Crippen LogP contribution in [0.5, 0.6) is 0 Å². The van der Waals surface area contributed by atoms with Crippen molar-refractivity contribution in [1.82, 2.24) is 5.32 Å². The van der Waals surface area contributed by atoms with Crippen LogP contribution in [-0.4, -0.2) is 20.6 Å². The lowest BCUT2D eigenvalue weighted by Crippen LogP contribution is -2.19. The minimum Gasteiger partial charge on any atom is -0.372 e. The first-order valence-electron chi connectivity index (χ1n) is 5.78. The smallest absolute Gasteiger partial charge is 0.146 e. The van der Waals surface area contributed by atoms with Crippen molar-refractivity contribution < 1.29 is 4.39 Å². The second-order valence-corrected chi connectivity index (χ2v) is 4.14. The van der Waals surface area contributed by atoms with Crippen LogP contribution < -0.4 is 10.2 Å². The number of halogens is 1. The maximum atomic E-state index is 13.9. The fourth-order valence-electron chi connectivity index (χ4n) is 1.72. The Hall–Kier alpha value is -1.09. The van der Waals surface area contributed by atoms with Crippen LogP contribution in [0.15, 0.2) is 18.2 Å². The average Bonchev–Trinajstić information content (AvgIpc) is 2.28. The van der Waals surface area contributed by atoms with E-state index in [1.165, 1.54) is 0 Å². The Kier molecular flexibility index (Phi) is 4.74. The van der Waals surface area contributed by atoms with Gasteiger partial charge in [0.1, 0.15) is 5.82 Å². The first kappa shape index (κ1) is 13.0. The van der Waals surface area contributed by atoms with Crippen LogP contribution in [0.4, 0.5) is 10.1 Å². The molecule has 0 fully saturated rings. The largest absolute Gasteiger partial charge is 0.372 e. The van der Waals surface area contributed by atoms with Crippen molar-refractivity contribution in [3.8, 4) is 0 Å². The summed E-state index contributed by atoms with van der Waals surface area (Å²) in [4.78, 5) is 1.95. The molecule has 0 aromatic heterocycles. The molecule has 16 heavy (non-hydrogen) atoms. The second kappa shape index (κ2) is 5.85. The Bertz CT molecular complexity index is 339. The summed E-state index contributed by atoms with van der Waals surface area (Å²) in [6.45, 7) is 4.98. The van der Waals surface area contributed by atoms with Crippen LogP contribution in [0.25, 0.3) is 0 Å².